The standard InChI is InChI=1S/C12H23N3O/c1-4-6-15-7-5-14-12(15)11(16)9-13-8-10(2)3/h5,7,10-11,13,16H,4,6,8-9H2,1-3H3. The molecule has 0 saturated heterocycles. The van der Waals surface area contributed by atoms with Gasteiger partial charge in [-0.1, -0.05) is 20.8 Å². The minimum absolute atomic E-state index is 0.514. The van der Waals surface area contributed by atoms with Gasteiger partial charge in [0.2, 0.25) is 0 Å². The van der Waals surface area contributed by atoms with Crippen LogP contribution in [0.25, 0.3) is 0 Å². The topological polar surface area (TPSA) is 50.1 Å². The summed E-state index contributed by atoms with van der Waals surface area (Å²) in [5, 5.41) is 13.2. The number of hydrogen-bond acceptors (Lipinski definition) is 3. The van der Waals surface area contributed by atoms with E-state index in [1.54, 1.807) is 6.20 Å². The third-order valence-electron chi connectivity index (χ3n) is 2.40. The van der Waals surface area contributed by atoms with Gasteiger partial charge in [0.25, 0.3) is 0 Å². The summed E-state index contributed by atoms with van der Waals surface area (Å²) in [4.78, 5) is 4.21. The van der Waals surface area contributed by atoms with Crippen molar-refractivity contribution in [2.75, 3.05) is 13.1 Å². The molecule has 2 N–H and O–H groups in total. The molecule has 0 aliphatic heterocycles. The first-order valence-corrected chi connectivity index (χ1v) is 6.05. The monoisotopic (exact) mass is 225 g/mol. The summed E-state index contributed by atoms with van der Waals surface area (Å²) in [5.41, 5.74) is 0. The van der Waals surface area contributed by atoms with Crippen molar-refractivity contribution in [2.45, 2.75) is 39.8 Å². The highest BCUT2D eigenvalue weighted by Crippen LogP contribution is 2.10. The molecule has 0 spiro atoms. The summed E-state index contributed by atoms with van der Waals surface area (Å²) in [5.74, 6) is 1.36. The van der Waals surface area contributed by atoms with Crippen molar-refractivity contribution in [1.29, 1.82) is 0 Å². The van der Waals surface area contributed by atoms with E-state index in [9.17, 15) is 5.11 Å². The zero-order chi connectivity index (χ0) is 12.0. The van der Waals surface area contributed by atoms with Crippen LogP contribution in [0.5, 0.6) is 0 Å². The molecular formula is C12H23N3O. The smallest absolute Gasteiger partial charge is 0.138 e. The van der Waals surface area contributed by atoms with E-state index in [0.717, 1.165) is 25.3 Å². The second-order valence-corrected chi connectivity index (χ2v) is 4.55. The maximum absolute atomic E-state index is 9.98. The Morgan fingerprint density at radius 1 is 1.44 bits per heavy atom. The van der Waals surface area contributed by atoms with Gasteiger partial charge in [-0.2, -0.15) is 0 Å². The minimum Gasteiger partial charge on any atom is -0.384 e. The Morgan fingerprint density at radius 3 is 2.81 bits per heavy atom. The zero-order valence-electron chi connectivity index (χ0n) is 10.5. The lowest BCUT2D eigenvalue weighted by Gasteiger charge is -2.14. The molecule has 1 atom stereocenters. The summed E-state index contributed by atoms with van der Waals surface area (Å²) in [6, 6.07) is 0. The van der Waals surface area contributed by atoms with Gasteiger partial charge < -0.3 is 15.0 Å². The molecule has 0 fully saturated rings. The van der Waals surface area contributed by atoms with E-state index in [-0.39, 0.29) is 0 Å². The Labute approximate surface area is 97.7 Å². The molecule has 4 nitrogen and oxygen atoms in total. The molecule has 0 aliphatic carbocycles. The Hall–Kier alpha value is -0.870. The number of aromatic nitrogens is 2. The molecule has 0 saturated carbocycles. The second kappa shape index (κ2) is 6.66. The number of nitrogens with one attached hydrogen (secondary N) is 1. The minimum atomic E-state index is -0.514. The highest BCUT2D eigenvalue weighted by molar-refractivity contribution is 4.97. The van der Waals surface area contributed by atoms with Crippen molar-refractivity contribution in [3.8, 4) is 0 Å². The van der Waals surface area contributed by atoms with Crippen molar-refractivity contribution >= 4 is 0 Å². The van der Waals surface area contributed by atoms with Crippen LogP contribution in [-0.4, -0.2) is 27.7 Å². The SMILES string of the molecule is CCCn1ccnc1C(O)CNCC(C)C. The Bertz CT molecular complexity index is 296. The molecule has 1 rings (SSSR count). The molecule has 0 bridgehead atoms. The van der Waals surface area contributed by atoms with E-state index in [0.29, 0.717) is 12.5 Å². The molecule has 92 valence electrons. The first-order chi connectivity index (χ1) is 7.65. The van der Waals surface area contributed by atoms with Crippen LogP contribution in [-0.2, 0) is 6.54 Å². The van der Waals surface area contributed by atoms with Gasteiger partial charge in [-0.15, -0.1) is 0 Å². The molecular weight excluding hydrogens is 202 g/mol. The third-order valence-corrected chi connectivity index (χ3v) is 2.40. The average molecular weight is 225 g/mol. The average Bonchev–Trinajstić information content (AvgIpc) is 2.66. The fourth-order valence-corrected chi connectivity index (χ4v) is 1.65. The number of imidazole rings is 1. The number of nitrogens with zero attached hydrogens (tertiary/aromatic N) is 2. The Kier molecular flexibility index (Phi) is 5.49. The van der Waals surface area contributed by atoms with Gasteiger partial charge in [0, 0.05) is 25.5 Å². The predicted octanol–water partition coefficient (Wildman–Crippen LogP) is 1.57. The van der Waals surface area contributed by atoms with Crippen LogP contribution in [0.3, 0.4) is 0 Å². The van der Waals surface area contributed by atoms with E-state index in [1.807, 2.05) is 10.8 Å². The first kappa shape index (κ1) is 13.2. The van der Waals surface area contributed by atoms with Gasteiger partial charge in [-0.25, -0.2) is 4.98 Å². The maximum Gasteiger partial charge on any atom is 0.138 e. The first-order valence-electron chi connectivity index (χ1n) is 6.05. The van der Waals surface area contributed by atoms with Crippen molar-refractivity contribution in [3.63, 3.8) is 0 Å². The van der Waals surface area contributed by atoms with Gasteiger partial charge in [-0.3, -0.25) is 0 Å². The predicted molar refractivity (Wildman–Crippen MR) is 65.2 cm³/mol. The number of aliphatic hydroxyl groups excluding tert-OH is 1. The molecule has 1 aromatic heterocycles. The number of aryl methyl sites for hydroxylation is 1. The number of hydrogen-bond donors (Lipinski definition) is 2. The van der Waals surface area contributed by atoms with Crippen LogP contribution in [0, 0.1) is 5.92 Å². The largest absolute Gasteiger partial charge is 0.384 e. The molecule has 1 aromatic rings. The molecule has 0 aliphatic rings. The summed E-state index contributed by atoms with van der Waals surface area (Å²) >= 11 is 0. The lowest BCUT2D eigenvalue weighted by molar-refractivity contribution is 0.159. The Morgan fingerprint density at radius 2 is 2.19 bits per heavy atom. The highest BCUT2D eigenvalue weighted by Gasteiger charge is 2.12. The van der Waals surface area contributed by atoms with Crippen LogP contribution in [0.1, 0.15) is 39.1 Å². The van der Waals surface area contributed by atoms with E-state index in [1.165, 1.54) is 0 Å². The van der Waals surface area contributed by atoms with E-state index in [2.05, 4.69) is 31.1 Å². The third kappa shape index (κ3) is 3.94. The van der Waals surface area contributed by atoms with Crippen LogP contribution in [0.15, 0.2) is 12.4 Å². The molecule has 16 heavy (non-hydrogen) atoms. The second-order valence-electron chi connectivity index (χ2n) is 4.55. The van der Waals surface area contributed by atoms with Gasteiger partial charge in [0.15, 0.2) is 0 Å². The summed E-state index contributed by atoms with van der Waals surface area (Å²) in [7, 11) is 0. The molecule has 0 amide bonds. The summed E-state index contributed by atoms with van der Waals surface area (Å²) in [6.45, 7) is 8.82. The van der Waals surface area contributed by atoms with Crippen molar-refractivity contribution in [3.05, 3.63) is 18.2 Å². The summed E-state index contributed by atoms with van der Waals surface area (Å²) < 4.78 is 2.02. The molecule has 1 heterocycles. The lowest BCUT2D eigenvalue weighted by atomic mass is 10.2. The fraction of sp³-hybridized carbons (Fsp3) is 0.750. The van der Waals surface area contributed by atoms with Gasteiger partial charge in [-0.05, 0) is 18.9 Å². The van der Waals surface area contributed by atoms with Gasteiger partial charge in [0.1, 0.15) is 11.9 Å². The van der Waals surface area contributed by atoms with Crippen molar-refractivity contribution in [1.82, 2.24) is 14.9 Å². The lowest BCUT2D eigenvalue weighted by Crippen LogP contribution is -2.26. The van der Waals surface area contributed by atoms with E-state index in [4.69, 9.17) is 0 Å². The quantitative estimate of drug-likeness (QED) is 0.740. The number of aliphatic hydroxyl groups is 1. The molecule has 4 heteroatoms. The maximum atomic E-state index is 9.98. The molecule has 0 radical (unpaired) electrons. The van der Waals surface area contributed by atoms with E-state index >= 15 is 0 Å². The zero-order valence-corrected chi connectivity index (χ0v) is 10.5. The van der Waals surface area contributed by atoms with E-state index < -0.39 is 6.10 Å². The molecule has 1 unspecified atom stereocenters. The van der Waals surface area contributed by atoms with Crippen LogP contribution < -0.4 is 5.32 Å². The van der Waals surface area contributed by atoms with Crippen LogP contribution >= 0.6 is 0 Å². The summed E-state index contributed by atoms with van der Waals surface area (Å²) in [6.07, 6.45) is 4.21. The van der Waals surface area contributed by atoms with Crippen LogP contribution in [0.2, 0.25) is 0 Å². The normalized spacial score (nSPS) is 13.3. The number of rotatable bonds is 7. The molecule has 0 aromatic carbocycles. The van der Waals surface area contributed by atoms with Crippen LogP contribution in [0.4, 0.5) is 0 Å². The fourth-order valence-electron chi connectivity index (χ4n) is 1.65. The van der Waals surface area contributed by atoms with Gasteiger partial charge in [0.05, 0.1) is 0 Å². The Balaban J connectivity index is 2.45. The van der Waals surface area contributed by atoms with Crippen molar-refractivity contribution < 1.29 is 5.11 Å². The van der Waals surface area contributed by atoms with Crippen molar-refractivity contribution in [2.24, 2.45) is 5.92 Å². The highest BCUT2D eigenvalue weighted by atomic mass is 16.3. The van der Waals surface area contributed by atoms with Gasteiger partial charge >= 0.3 is 0 Å².